The SMILES string of the molecule is Cc1cc(C)c2c(-n3cccc3)c(C(=O)N3CCN(C(=O)N4CCCCC4)CC3)sc2n1. The maximum atomic E-state index is 13.6. The molecular formula is C24H29N5O2S. The van der Waals surface area contributed by atoms with Gasteiger partial charge in [-0.3, -0.25) is 4.79 Å². The molecule has 2 saturated heterocycles. The van der Waals surface area contributed by atoms with Crippen LogP contribution >= 0.6 is 11.3 Å². The molecular weight excluding hydrogens is 422 g/mol. The van der Waals surface area contributed by atoms with Gasteiger partial charge in [0.2, 0.25) is 0 Å². The standard InChI is InChI=1S/C24H29N5O2S/c1-17-16-18(2)25-22-19(17)20(26-8-6-7-9-26)21(32-22)23(30)27-12-14-29(15-13-27)24(31)28-10-4-3-5-11-28/h6-9,16H,3-5,10-15H2,1-2H3. The van der Waals surface area contributed by atoms with Crippen molar-refractivity contribution in [1.82, 2.24) is 24.3 Å². The number of hydrogen-bond acceptors (Lipinski definition) is 4. The van der Waals surface area contributed by atoms with Crippen molar-refractivity contribution in [1.29, 1.82) is 0 Å². The van der Waals surface area contributed by atoms with Crippen LogP contribution in [0.4, 0.5) is 4.79 Å². The van der Waals surface area contributed by atoms with E-state index in [0.717, 1.165) is 53.1 Å². The second kappa shape index (κ2) is 8.58. The third kappa shape index (κ3) is 3.77. The minimum absolute atomic E-state index is 0.0267. The topological polar surface area (TPSA) is 61.7 Å². The summed E-state index contributed by atoms with van der Waals surface area (Å²) in [6.07, 6.45) is 7.34. The molecule has 168 valence electrons. The number of urea groups is 1. The Bertz CT molecular complexity index is 1140. The van der Waals surface area contributed by atoms with Crippen molar-refractivity contribution in [2.24, 2.45) is 0 Å². The lowest BCUT2D eigenvalue weighted by Gasteiger charge is -2.38. The summed E-state index contributed by atoms with van der Waals surface area (Å²) in [5.41, 5.74) is 3.00. The van der Waals surface area contributed by atoms with Crippen molar-refractivity contribution in [2.45, 2.75) is 33.1 Å². The highest BCUT2D eigenvalue weighted by atomic mass is 32.1. The molecule has 5 rings (SSSR count). The number of amides is 3. The van der Waals surface area contributed by atoms with Crippen molar-refractivity contribution in [2.75, 3.05) is 39.3 Å². The molecule has 3 aromatic heterocycles. The summed E-state index contributed by atoms with van der Waals surface area (Å²) in [5, 5.41) is 1.04. The lowest BCUT2D eigenvalue weighted by molar-refractivity contribution is 0.0637. The molecule has 7 nitrogen and oxygen atoms in total. The maximum Gasteiger partial charge on any atom is 0.320 e. The third-order valence-corrected chi connectivity index (χ3v) is 7.54. The van der Waals surface area contributed by atoms with Crippen molar-refractivity contribution in [3.05, 3.63) is 46.7 Å². The molecule has 0 radical (unpaired) electrons. The van der Waals surface area contributed by atoms with Gasteiger partial charge in [-0.15, -0.1) is 11.3 Å². The van der Waals surface area contributed by atoms with Crippen LogP contribution in [0.3, 0.4) is 0 Å². The van der Waals surface area contributed by atoms with Gasteiger partial charge >= 0.3 is 6.03 Å². The Hall–Kier alpha value is -2.87. The fourth-order valence-corrected chi connectivity index (χ4v) is 6.09. The van der Waals surface area contributed by atoms with Gasteiger partial charge in [0, 0.05) is 62.7 Å². The molecule has 0 aromatic carbocycles. The molecule has 0 bridgehead atoms. The van der Waals surface area contributed by atoms with Crippen molar-refractivity contribution in [3.63, 3.8) is 0 Å². The normalized spacial score (nSPS) is 17.2. The molecule has 0 atom stereocenters. The van der Waals surface area contributed by atoms with E-state index in [9.17, 15) is 9.59 Å². The number of hydrogen-bond donors (Lipinski definition) is 0. The van der Waals surface area contributed by atoms with Gasteiger partial charge in [0.15, 0.2) is 0 Å². The van der Waals surface area contributed by atoms with E-state index in [1.807, 2.05) is 50.7 Å². The Balaban J connectivity index is 1.39. The number of piperazine rings is 1. The van der Waals surface area contributed by atoms with Crippen LogP contribution in [0.25, 0.3) is 15.9 Å². The summed E-state index contributed by atoms with van der Waals surface area (Å²) in [5.74, 6) is 0.0267. The summed E-state index contributed by atoms with van der Waals surface area (Å²) < 4.78 is 2.02. The minimum Gasteiger partial charge on any atom is -0.334 e. The van der Waals surface area contributed by atoms with E-state index in [1.165, 1.54) is 17.8 Å². The van der Waals surface area contributed by atoms with Gasteiger partial charge in [0.25, 0.3) is 5.91 Å². The fraction of sp³-hybridized carbons (Fsp3) is 0.458. The molecule has 0 N–H and O–H groups in total. The number of pyridine rings is 1. The van der Waals surface area contributed by atoms with Gasteiger partial charge in [-0.1, -0.05) is 0 Å². The number of nitrogens with zero attached hydrogens (tertiary/aromatic N) is 5. The summed E-state index contributed by atoms with van der Waals surface area (Å²) in [6.45, 7) is 8.06. The maximum absolute atomic E-state index is 13.6. The smallest absolute Gasteiger partial charge is 0.320 e. The first kappa shape index (κ1) is 21.0. The molecule has 0 aliphatic carbocycles. The molecule has 32 heavy (non-hydrogen) atoms. The Morgan fingerprint density at radius 2 is 1.50 bits per heavy atom. The predicted molar refractivity (Wildman–Crippen MR) is 127 cm³/mol. The van der Waals surface area contributed by atoms with Gasteiger partial charge in [-0.05, 0) is 56.9 Å². The lowest BCUT2D eigenvalue weighted by Crippen LogP contribution is -2.54. The van der Waals surface area contributed by atoms with Crippen LogP contribution in [0, 0.1) is 13.8 Å². The van der Waals surface area contributed by atoms with E-state index in [4.69, 9.17) is 4.98 Å². The second-order valence-corrected chi connectivity index (χ2v) is 9.74. The highest BCUT2D eigenvalue weighted by molar-refractivity contribution is 7.21. The van der Waals surface area contributed by atoms with E-state index >= 15 is 0 Å². The monoisotopic (exact) mass is 451 g/mol. The summed E-state index contributed by atoms with van der Waals surface area (Å²) in [4.78, 5) is 38.6. The summed E-state index contributed by atoms with van der Waals surface area (Å²) >= 11 is 1.47. The molecule has 0 saturated carbocycles. The van der Waals surface area contributed by atoms with Crippen LogP contribution in [-0.2, 0) is 0 Å². The van der Waals surface area contributed by atoms with Crippen LogP contribution < -0.4 is 0 Å². The zero-order valence-corrected chi connectivity index (χ0v) is 19.5. The molecule has 0 unspecified atom stereocenters. The minimum atomic E-state index is 0.0267. The molecule has 3 aromatic rings. The van der Waals surface area contributed by atoms with Gasteiger partial charge in [-0.25, -0.2) is 9.78 Å². The zero-order chi connectivity index (χ0) is 22.2. The number of aromatic nitrogens is 2. The molecule has 5 heterocycles. The Kier molecular flexibility index (Phi) is 5.63. The Labute approximate surface area is 192 Å². The van der Waals surface area contributed by atoms with Gasteiger partial charge < -0.3 is 19.3 Å². The Morgan fingerprint density at radius 3 is 2.19 bits per heavy atom. The van der Waals surface area contributed by atoms with E-state index in [1.54, 1.807) is 0 Å². The predicted octanol–water partition coefficient (Wildman–Crippen LogP) is 4.07. The molecule has 3 amide bonds. The van der Waals surface area contributed by atoms with Crippen molar-refractivity contribution in [3.8, 4) is 5.69 Å². The number of piperidine rings is 1. The number of thiophene rings is 1. The number of likely N-dealkylation sites (tertiary alicyclic amines) is 1. The van der Waals surface area contributed by atoms with Crippen LogP contribution in [0.15, 0.2) is 30.6 Å². The van der Waals surface area contributed by atoms with E-state index in [2.05, 4.69) is 13.0 Å². The van der Waals surface area contributed by atoms with Gasteiger partial charge in [0.1, 0.15) is 9.71 Å². The highest BCUT2D eigenvalue weighted by Gasteiger charge is 2.31. The molecule has 2 aliphatic rings. The van der Waals surface area contributed by atoms with E-state index in [0.29, 0.717) is 31.1 Å². The third-order valence-electron chi connectivity index (χ3n) is 6.48. The number of aryl methyl sites for hydroxylation is 2. The summed E-state index contributed by atoms with van der Waals surface area (Å²) in [6, 6.07) is 6.14. The largest absolute Gasteiger partial charge is 0.334 e. The first-order valence-corrected chi connectivity index (χ1v) is 12.2. The molecule has 0 spiro atoms. The summed E-state index contributed by atoms with van der Waals surface area (Å²) in [7, 11) is 0. The van der Waals surface area contributed by atoms with E-state index in [-0.39, 0.29) is 11.9 Å². The van der Waals surface area contributed by atoms with Gasteiger partial charge in [-0.2, -0.15) is 0 Å². The number of carbonyl (C=O) groups is 2. The molecule has 2 aliphatic heterocycles. The lowest BCUT2D eigenvalue weighted by atomic mass is 10.1. The average molecular weight is 452 g/mol. The first-order valence-electron chi connectivity index (χ1n) is 11.4. The molecule has 8 heteroatoms. The highest BCUT2D eigenvalue weighted by Crippen LogP contribution is 2.36. The average Bonchev–Trinajstić information content (AvgIpc) is 3.46. The number of rotatable bonds is 2. The van der Waals surface area contributed by atoms with Crippen molar-refractivity contribution < 1.29 is 9.59 Å². The van der Waals surface area contributed by atoms with Crippen LogP contribution in [0.1, 0.15) is 40.2 Å². The Morgan fingerprint density at radius 1 is 0.875 bits per heavy atom. The quantitative estimate of drug-likeness (QED) is 0.590. The van der Waals surface area contributed by atoms with Crippen LogP contribution in [-0.4, -0.2) is 75.5 Å². The fourth-order valence-electron chi connectivity index (χ4n) is 4.83. The zero-order valence-electron chi connectivity index (χ0n) is 18.7. The number of fused-ring (bicyclic) bond motifs is 1. The van der Waals surface area contributed by atoms with Crippen LogP contribution in [0.5, 0.6) is 0 Å². The second-order valence-electron chi connectivity index (χ2n) is 8.74. The van der Waals surface area contributed by atoms with Gasteiger partial charge in [0.05, 0.1) is 5.69 Å². The van der Waals surface area contributed by atoms with E-state index < -0.39 is 0 Å². The molecule has 2 fully saturated rings. The van der Waals surface area contributed by atoms with Crippen molar-refractivity contribution >= 4 is 33.5 Å². The van der Waals surface area contributed by atoms with Crippen LogP contribution in [0.2, 0.25) is 0 Å². The number of carbonyl (C=O) groups excluding carboxylic acids is 2. The first-order chi connectivity index (χ1) is 15.5.